The Kier molecular flexibility index (Phi) is 4.62. The number of rotatable bonds is 6. The van der Waals surface area contributed by atoms with Gasteiger partial charge >= 0.3 is 0 Å². The molecule has 1 aromatic rings. The SMILES string of the molecule is COc1ccccc1C1CC(NCCC2CCCC2)C1. The zero-order chi connectivity index (χ0) is 13.8. The lowest BCUT2D eigenvalue weighted by molar-refractivity contribution is 0.277. The number of hydrogen-bond acceptors (Lipinski definition) is 2. The van der Waals surface area contributed by atoms with E-state index in [1.165, 1.54) is 57.1 Å². The fourth-order valence-electron chi connectivity index (χ4n) is 3.83. The fourth-order valence-corrected chi connectivity index (χ4v) is 3.83. The van der Waals surface area contributed by atoms with Crippen molar-refractivity contribution in [1.29, 1.82) is 0 Å². The second-order valence-corrected chi connectivity index (χ2v) is 6.50. The van der Waals surface area contributed by atoms with Crippen molar-refractivity contribution in [2.24, 2.45) is 5.92 Å². The first kappa shape index (κ1) is 13.9. The molecule has 2 saturated carbocycles. The Bertz CT molecular complexity index is 419. The first-order valence-corrected chi connectivity index (χ1v) is 8.23. The molecule has 2 nitrogen and oxygen atoms in total. The summed E-state index contributed by atoms with van der Waals surface area (Å²) in [5, 5.41) is 3.74. The standard InChI is InChI=1S/C18H27NO/c1-20-18-9-5-4-8-17(18)15-12-16(13-15)19-11-10-14-6-2-3-7-14/h4-5,8-9,14-16,19H,2-3,6-7,10-13H2,1H3. The lowest BCUT2D eigenvalue weighted by Crippen LogP contribution is -2.40. The van der Waals surface area contributed by atoms with Crippen LogP contribution in [0.3, 0.4) is 0 Å². The van der Waals surface area contributed by atoms with Crippen LogP contribution in [0.15, 0.2) is 24.3 Å². The molecule has 0 saturated heterocycles. The second kappa shape index (κ2) is 6.62. The molecule has 1 aromatic carbocycles. The number of para-hydroxylation sites is 1. The van der Waals surface area contributed by atoms with Gasteiger partial charge in [-0.05, 0) is 49.3 Å². The molecule has 0 bridgehead atoms. The molecule has 2 aliphatic rings. The molecule has 3 rings (SSSR count). The molecule has 0 radical (unpaired) electrons. The lowest BCUT2D eigenvalue weighted by atomic mass is 9.75. The maximum Gasteiger partial charge on any atom is 0.122 e. The van der Waals surface area contributed by atoms with Gasteiger partial charge in [0.15, 0.2) is 0 Å². The quantitative estimate of drug-likeness (QED) is 0.842. The molecule has 0 aliphatic heterocycles. The minimum Gasteiger partial charge on any atom is -0.496 e. The third kappa shape index (κ3) is 3.17. The topological polar surface area (TPSA) is 21.3 Å². The largest absolute Gasteiger partial charge is 0.496 e. The molecule has 0 unspecified atom stereocenters. The molecule has 0 aromatic heterocycles. The van der Waals surface area contributed by atoms with Crippen molar-refractivity contribution < 1.29 is 4.74 Å². The summed E-state index contributed by atoms with van der Waals surface area (Å²) >= 11 is 0. The lowest BCUT2D eigenvalue weighted by Gasteiger charge is -2.37. The van der Waals surface area contributed by atoms with E-state index in [1.54, 1.807) is 7.11 Å². The van der Waals surface area contributed by atoms with E-state index < -0.39 is 0 Å². The number of hydrogen-bond donors (Lipinski definition) is 1. The van der Waals surface area contributed by atoms with E-state index in [0.717, 1.165) is 17.7 Å². The van der Waals surface area contributed by atoms with Gasteiger partial charge in [0.1, 0.15) is 5.75 Å². The van der Waals surface area contributed by atoms with Crippen LogP contribution in [0.5, 0.6) is 5.75 Å². The van der Waals surface area contributed by atoms with E-state index in [-0.39, 0.29) is 0 Å². The van der Waals surface area contributed by atoms with Crippen molar-refractivity contribution in [3.63, 3.8) is 0 Å². The summed E-state index contributed by atoms with van der Waals surface area (Å²) in [7, 11) is 1.77. The van der Waals surface area contributed by atoms with Gasteiger partial charge in [0.25, 0.3) is 0 Å². The van der Waals surface area contributed by atoms with Crippen LogP contribution >= 0.6 is 0 Å². The normalized spacial score (nSPS) is 26.4. The van der Waals surface area contributed by atoms with Gasteiger partial charge in [-0.3, -0.25) is 0 Å². The van der Waals surface area contributed by atoms with Crippen molar-refractivity contribution in [2.45, 2.75) is 56.9 Å². The van der Waals surface area contributed by atoms with E-state index in [2.05, 4.69) is 29.6 Å². The van der Waals surface area contributed by atoms with Crippen LogP contribution in [-0.4, -0.2) is 19.7 Å². The highest BCUT2D eigenvalue weighted by molar-refractivity contribution is 5.37. The van der Waals surface area contributed by atoms with Crippen molar-refractivity contribution in [3.8, 4) is 5.75 Å². The number of ether oxygens (including phenoxy) is 1. The van der Waals surface area contributed by atoms with Crippen LogP contribution in [-0.2, 0) is 0 Å². The maximum atomic E-state index is 5.47. The second-order valence-electron chi connectivity index (χ2n) is 6.50. The first-order valence-electron chi connectivity index (χ1n) is 8.23. The van der Waals surface area contributed by atoms with Gasteiger partial charge < -0.3 is 10.1 Å². The molecule has 0 atom stereocenters. The summed E-state index contributed by atoms with van der Waals surface area (Å²) in [6, 6.07) is 9.21. The summed E-state index contributed by atoms with van der Waals surface area (Å²) in [5.74, 6) is 2.75. The summed E-state index contributed by atoms with van der Waals surface area (Å²) in [6.07, 6.45) is 9.78. The van der Waals surface area contributed by atoms with Crippen molar-refractivity contribution in [3.05, 3.63) is 29.8 Å². The minimum atomic E-state index is 0.690. The van der Waals surface area contributed by atoms with Gasteiger partial charge in [-0.15, -0.1) is 0 Å². The van der Waals surface area contributed by atoms with E-state index in [1.807, 2.05) is 0 Å². The smallest absolute Gasteiger partial charge is 0.122 e. The van der Waals surface area contributed by atoms with Crippen LogP contribution in [0.2, 0.25) is 0 Å². The molecule has 2 aliphatic carbocycles. The van der Waals surface area contributed by atoms with E-state index in [9.17, 15) is 0 Å². The Morgan fingerprint density at radius 3 is 2.65 bits per heavy atom. The van der Waals surface area contributed by atoms with Crippen LogP contribution in [0.25, 0.3) is 0 Å². The summed E-state index contributed by atoms with van der Waals surface area (Å²) in [4.78, 5) is 0. The monoisotopic (exact) mass is 273 g/mol. The van der Waals surface area contributed by atoms with Crippen molar-refractivity contribution >= 4 is 0 Å². The Labute approximate surface area is 122 Å². The predicted octanol–water partition coefficient (Wildman–Crippen LogP) is 4.11. The fraction of sp³-hybridized carbons (Fsp3) is 0.667. The third-order valence-electron chi connectivity index (χ3n) is 5.18. The third-order valence-corrected chi connectivity index (χ3v) is 5.18. The Morgan fingerprint density at radius 2 is 1.90 bits per heavy atom. The zero-order valence-electron chi connectivity index (χ0n) is 12.6. The molecule has 110 valence electrons. The molecule has 0 amide bonds. The van der Waals surface area contributed by atoms with Crippen LogP contribution < -0.4 is 10.1 Å². The molecule has 20 heavy (non-hydrogen) atoms. The number of nitrogens with one attached hydrogen (secondary N) is 1. The molecular formula is C18H27NO. The first-order chi connectivity index (χ1) is 9.86. The summed E-state index contributed by atoms with van der Waals surface area (Å²) < 4.78 is 5.47. The molecule has 1 N–H and O–H groups in total. The Hall–Kier alpha value is -1.02. The van der Waals surface area contributed by atoms with Gasteiger partial charge in [-0.1, -0.05) is 43.9 Å². The highest BCUT2D eigenvalue weighted by atomic mass is 16.5. The molecule has 0 heterocycles. The van der Waals surface area contributed by atoms with Gasteiger partial charge in [0, 0.05) is 6.04 Å². The van der Waals surface area contributed by atoms with E-state index >= 15 is 0 Å². The van der Waals surface area contributed by atoms with Gasteiger partial charge in [-0.25, -0.2) is 0 Å². The van der Waals surface area contributed by atoms with Crippen LogP contribution in [0, 0.1) is 5.92 Å². The van der Waals surface area contributed by atoms with Gasteiger partial charge in [-0.2, -0.15) is 0 Å². The Morgan fingerprint density at radius 1 is 1.15 bits per heavy atom. The van der Waals surface area contributed by atoms with Crippen molar-refractivity contribution in [2.75, 3.05) is 13.7 Å². The van der Waals surface area contributed by atoms with Crippen LogP contribution in [0.4, 0.5) is 0 Å². The molecular weight excluding hydrogens is 246 g/mol. The number of benzene rings is 1. The average Bonchev–Trinajstić information content (AvgIpc) is 2.94. The summed E-state index contributed by atoms with van der Waals surface area (Å²) in [6.45, 7) is 1.22. The summed E-state index contributed by atoms with van der Waals surface area (Å²) in [5.41, 5.74) is 1.39. The van der Waals surface area contributed by atoms with E-state index in [0.29, 0.717) is 5.92 Å². The van der Waals surface area contributed by atoms with E-state index in [4.69, 9.17) is 4.74 Å². The van der Waals surface area contributed by atoms with Gasteiger partial charge in [0.05, 0.1) is 7.11 Å². The average molecular weight is 273 g/mol. The predicted molar refractivity (Wildman–Crippen MR) is 83.3 cm³/mol. The molecule has 2 fully saturated rings. The van der Waals surface area contributed by atoms with Crippen LogP contribution in [0.1, 0.15) is 56.4 Å². The van der Waals surface area contributed by atoms with Gasteiger partial charge in [0.2, 0.25) is 0 Å². The Balaban J connectivity index is 1.40. The number of methoxy groups -OCH3 is 1. The maximum absolute atomic E-state index is 5.47. The molecule has 2 heteroatoms. The highest BCUT2D eigenvalue weighted by Crippen LogP contribution is 2.41. The minimum absolute atomic E-state index is 0.690. The zero-order valence-corrected chi connectivity index (χ0v) is 12.6. The highest BCUT2D eigenvalue weighted by Gasteiger charge is 2.31. The molecule has 0 spiro atoms. The van der Waals surface area contributed by atoms with Crippen molar-refractivity contribution in [1.82, 2.24) is 5.32 Å².